The number of carbonyl (C=O) groups excluding carboxylic acids is 1. The Bertz CT molecular complexity index is 242. The summed E-state index contributed by atoms with van der Waals surface area (Å²) in [7, 11) is 0. The number of ether oxygens (including phenoxy) is 1. The first-order chi connectivity index (χ1) is 7.90. The van der Waals surface area contributed by atoms with Gasteiger partial charge in [-0.1, -0.05) is 12.8 Å². The average Bonchev–Trinajstić information content (AvgIpc) is 2.20. The number of nitrogens with zero attached hydrogens (tertiary/aromatic N) is 1. The second kappa shape index (κ2) is 32.6. The van der Waals surface area contributed by atoms with E-state index in [1.807, 2.05) is 20.8 Å². The number of rotatable bonds is 7. The van der Waals surface area contributed by atoms with Crippen LogP contribution in [-0.4, -0.2) is 42.8 Å². The Morgan fingerprint density at radius 2 is 1.20 bits per heavy atom. The number of hydrogen-bond acceptors (Lipinski definition) is 6. The zero-order chi connectivity index (χ0) is 13.3. The SMILES string of the molecule is CC(C)(C)OC(=O)N(CCC[NH-])CCCC[NH-].N.N.N.N.[Cl-].[Cl-].[Pt+2].[Pt+2]. The van der Waals surface area contributed by atoms with Crippen LogP contribution in [0, 0.1) is 0 Å². The molecule has 25 heavy (non-hydrogen) atoms. The Morgan fingerprint density at radius 3 is 1.52 bits per heavy atom. The minimum atomic E-state index is -0.480. The van der Waals surface area contributed by atoms with E-state index < -0.39 is 5.60 Å². The number of halogens is 2. The summed E-state index contributed by atoms with van der Waals surface area (Å²) in [6.07, 6.45) is 1.97. The fourth-order valence-electron chi connectivity index (χ4n) is 1.32. The van der Waals surface area contributed by atoms with E-state index in [-0.39, 0.29) is 97.6 Å². The van der Waals surface area contributed by atoms with Gasteiger partial charge in [-0.15, -0.1) is 6.54 Å². The van der Waals surface area contributed by atoms with Gasteiger partial charge in [0.25, 0.3) is 0 Å². The molecule has 0 aromatic carbocycles. The molecule has 0 saturated carbocycles. The Kier molecular flexibility index (Phi) is 73.4. The Labute approximate surface area is 194 Å². The van der Waals surface area contributed by atoms with Crippen molar-refractivity contribution in [1.82, 2.24) is 29.5 Å². The summed E-state index contributed by atoms with van der Waals surface area (Å²) in [5, 5.41) is 0. The van der Waals surface area contributed by atoms with Crippen LogP contribution in [0.4, 0.5) is 4.79 Å². The molecule has 0 radical (unpaired) electrons. The molecule has 0 aliphatic heterocycles. The van der Waals surface area contributed by atoms with Gasteiger partial charge in [0.05, 0.1) is 0 Å². The Hall–Kier alpha value is 0.987. The molecule has 0 atom stereocenters. The summed E-state index contributed by atoms with van der Waals surface area (Å²) in [5.74, 6) is 0. The van der Waals surface area contributed by atoms with Gasteiger partial charge in [-0.05, 0) is 27.2 Å². The van der Waals surface area contributed by atoms with E-state index in [2.05, 4.69) is 0 Å². The molecular formula is C12H37Cl2N7O2Pt2. The molecule has 0 fully saturated rings. The number of amides is 1. The van der Waals surface area contributed by atoms with Crippen molar-refractivity contribution >= 4 is 6.09 Å². The molecule has 0 saturated heterocycles. The third-order valence-electron chi connectivity index (χ3n) is 2.11. The van der Waals surface area contributed by atoms with Crippen LogP contribution >= 0.6 is 0 Å². The predicted molar refractivity (Wildman–Crippen MR) is 90.1 cm³/mol. The minimum absolute atomic E-state index is 0. The van der Waals surface area contributed by atoms with Gasteiger partial charge in [-0.2, -0.15) is 6.54 Å². The third-order valence-corrected chi connectivity index (χ3v) is 2.11. The van der Waals surface area contributed by atoms with Crippen molar-refractivity contribution in [1.29, 1.82) is 0 Å². The average molecular weight is 773 g/mol. The van der Waals surface area contributed by atoms with Crippen LogP contribution in [0.5, 0.6) is 0 Å². The van der Waals surface area contributed by atoms with Crippen LogP contribution in [0.1, 0.15) is 40.0 Å². The largest absolute Gasteiger partial charge is 2.00 e. The Morgan fingerprint density at radius 1 is 0.840 bits per heavy atom. The molecule has 0 heterocycles. The summed E-state index contributed by atoms with van der Waals surface area (Å²) in [5.41, 5.74) is 13.7. The quantitative estimate of drug-likeness (QED) is 0.218. The molecule has 0 spiro atoms. The first-order valence-electron chi connectivity index (χ1n) is 6.18. The zero-order valence-corrected chi connectivity index (χ0v) is 21.5. The normalized spacial score (nSPS) is 7.72. The second-order valence-electron chi connectivity index (χ2n) is 5.03. The van der Waals surface area contributed by atoms with Crippen molar-refractivity contribution in [3.8, 4) is 0 Å². The molecule has 0 aliphatic rings. The summed E-state index contributed by atoms with van der Waals surface area (Å²) >= 11 is 0. The maximum Gasteiger partial charge on any atom is 2.00 e. The minimum Gasteiger partial charge on any atom is -1.00 e. The summed E-state index contributed by atoms with van der Waals surface area (Å²) in [6.45, 7) is 7.43. The molecule has 9 nitrogen and oxygen atoms in total. The first-order valence-corrected chi connectivity index (χ1v) is 6.18. The molecule has 166 valence electrons. The van der Waals surface area contributed by atoms with E-state index in [1.165, 1.54) is 0 Å². The molecule has 1 amide bonds. The van der Waals surface area contributed by atoms with Crippen LogP contribution in [0.25, 0.3) is 11.5 Å². The van der Waals surface area contributed by atoms with Crippen LogP contribution in [0.2, 0.25) is 0 Å². The van der Waals surface area contributed by atoms with E-state index in [0.717, 1.165) is 12.8 Å². The van der Waals surface area contributed by atoms with E-state index in [9.17, 15) is 4.79 Å². The fraction of sp³-hybridized carbons (Fsp3) is 0.917. The molecule has 0 aromatic heterocycles. The van der Waals surface area contributed by atoms with Gasteiger partial charge in [0.15, 0.2) is 0 Å². The second-order valence-corrected chi connectivity index (χ2v) is 5.03. The smallest absolute Gasteiger partial charge is 1.00 e. The monoisotopic (exact) mass is 771 g/mol. The first kappa shape index (κ1) is 56.2. The van der Waals surface area contributed by atoms with Crippen LogP contribution in [0.3, 0.4) is 0 Å². The fourth-order valence-corrected chi connectivity index (χ4v) is 1.32. The summed E-state index contributed by atoms with van der Waals surface area (Å²) in [6, 6.07) is 0. The van der Waals surface area contributed by atoms with E-state index in [1.54, 1.807) is 4.90 Å². The van der Waals surface area contributed by atoms with Gasteiger partial charge in [0.2, 0.25) is 0 Å². The topological polar surface area (TPSA) is 217 Å². The van der Waals surface area contributed by atoms with Gasteiger partial charge < -0.3 is 70.5 Å². The van der Waals surface area contributed by atoms with Crippen molar-refractivity contribution < 1.29 is 76.5 Å². The molecule has 0 rings (SSSR count). The number of unbranched alkanes of at least 4 members (excludes halogenated alkanes) is 1. The molecule has 0 aliphatic carbocycles. The molecule has 13 heteroatoms. The molecule has 0 aromatic rings. The standard InChI is InChI=1S/C12H25N3O2.2ClH.4H3N.2Pt/c1-12(2,3)17-11(16)15(10-6-8-14)9-5-4-7-13;;;;;;;;/h13-14H,4-10H2,1-3H3;2*1H;4*1H3;;/q-2;;;;;;;2*+2/p-2. The van der Waals surface area contributed by atoms with Gasteiger partial charge in [-0.25, -0.2) is 4.79 Å². The van der Waals surface area contributed by atoms with E-state index >= 15 is 0 Å². The maximum atomic E-state index is 11.9. The van der Waals surface area contributed by atoms with Crippen molar-refractivity contribution in [2.75, 3.05) is 26.2 Å². The third kappa shape index (κ3) is 36.6. The molecular weight excluding hydrogens is 735 g/mol. The van der Waals surface area contributed by atoms with Crippen LogP contribution in [-0.2, 0) is 46.9 Å². The van der Waals surface area contributed by atoms with Gasteiger partial charge in [-0.3, -0.25) is 0 Å². The summed E-state index contributed by atoms with van der Waals surface area (Å²) < 4.78 is 5.31. The van der Waals surface area contributed by atoms with E-state index in [4.69, 9.17) is 16.2 Å². The number of carbonyl (C=O) groups is 1. The zero-order valence-electron chi connectivity index (χ0n) is 15.4. The Balaban J connectivity index is -0.0000000457. The van der Waals surface area contributed by atoms with Crippen molar-refractivity contribution in [2.24, 2.45) is 0 Å². The molecule has 0 bridgehead atoms. The molecule has 0 unspecified atom stereocenters. The van der Waals surface area contributed by atoms with E-state index in [0.29, 0.717) is 32.6 Å². The van der Waals surface area contributed by atoms with Crippen molar-refractivity contribution in [3.63, 3.8) is 0 Å². The predicted octanol–water partition coefficient (Wildman–Crippen LogP) is -1.85. The van der Waals surface area contributed by atoms with Crippen LogP contribution in [0.15, 0.2) is 0 Å². The van der Waals surface area contributed by atoms with Crippen molar-refractivity contribution in [2.45, 2.75) is 45.6 Å². The van der Waals surface area contributed by atoms with Gasteiger partial charge in [0.1, 0.15) is 5.60 Å². The number of nitrogens with one attached hydrogen (secondary N) is 2. The van der Waals surface area contributed by atoms with Gasteiger partial charge in [0, 0.05) is 13.1 Å². The maximum absolute atomic E-state index is 11.9. The van der Waals surface area contributed by atoms with Gasteiger partial charge >= 0.3 is 48.2 Å². The molecule has 14 N–H and O–H groups in total. The van der Waals surface area contributed by atoms with Crippen molar-refractivity contribution in [3.05, 3.63) is 11.5 Å². The number of hydrogen-bond donors (Lipinski definition) is 4. The summed E-state index contributed by atoms with van der Waals surface area (Å²) in [4.78, 5) is 13.5. The van der Waals surface area contributed by atoms with Crippen LogP contribution < -0.4 is 49.4 Å².